The number of carbonyl (C=O) groups is 1. The van der Waals surface area contributed by atoms with E-state index in [0.717, 1.165) is 33.5 Å². The SMILES string of the molecule is Cc1ccc(-c2csc3ncn(CC(=O)Nc4ccc(C)c(C)c4)c(=O)c23)cc1. The van der Waals surface area contributed by atoms with Gasteiger partial charge in [0.1, 0.15) is 11.4 Å². The average molecular weight is 404 g/mol. The molecule has 1 amide bonds. The molecule has 1 N–H and O–H groups in total. The van der Waals surface area contributed by atoms with Crippen molar-refractivity contribution in [3.8, 4) is 11.1 Å². The van der Waals surface area contributed by atoms with Gasteiger partial charge in [-0.15, -0.1) is 11.3 Å². The van der Waals surface area contributed by atoms with E-state index < -0.39 is 0 Å². The molecule has 0 saturated carbocycles. The van der Waals surface area contributed by atoms with E-state index in [4.69, 9.17) is 0 Å². The molecule has 0 aliphatic heterocycles. The number of nitrogens with zero attached hydrogens (tertiary/aromatic N) is 2. The Morgan fingerprint density at radius 3 is 2.55 bits per heavy atom. The Hall–Kier alpha value is -3.25. The van der Waals surface area contributed by atoms with E-state index in [9.17, 15) is 9.59 Å². The van der Waals surface area contributed by atoms with E-state index in [0.29, 0.717) is 10.2 Å². The van der Waals surface area contributed by atoms with Crippen molar-refractivity contribution in [1.82, 2.24) is 9.55 Å². The predicted octanol–water partition coefficient (Wildman–Crippen LogP) is 4.69. The number of hydrogen-bond donors (Lipinski definition) is 1. The molecule has 4 rings (SSSR count). The summed E-state index contributed by atoms with van der Waals surface area (Å²) in [6.07, 6.45) is 1.44. The number of thiophene rings is 1. The molecule has 2 aromatic carbocycles. The number of amides is 1. The van der Waals surface area contributed by atoms with E-state index >= 15 is 0 Å². The van der Waals surface area contributed by atoms with Crippen LogP contribution >= 0.6 is 11.3 Å². The number of aryl methyl sites for hydroxylation is 3. The maximum atomic E-state index is 13.1. The van der Waals surface area contributed by atoms with E-state index in [1.54, 1.807) is 0 Å². The molecule has 2 aromatic heterocycles. The number of hydrogen-bond acceptors (Lipinski definition) is 4. The quantitative estimate of drug-likeness (QED) is 0.538. The lowest BCUT2D eigenvalue weighted by molar-refractivity contribution is -0.116. The lowest BCUT2D eigenvalue weighted by atomic mass is 10.1. The summed E-state index contributed by atoms with van der Waals surface area (Å²) in [5, 5.41) is 5.36. The van der Waals surface area contributed by atoms with Crippen molar-refractivity contribution < 1.29 is 4.79 Å². The van der Waals surface area contributed by atoms with Crippen molar-refractivity contribution in [2.24, 2.45) is 0 Å². The van der Waals surface area contributed by atoms with Crippen LogP contribution in [0.25, 0.3) is 21.3 Å². The van der Waals surface area contributed by atoms with Crippen LogP contribution in [0.1, 0.15) is 16.7 Å². The van der Waals surface area contributed by atoms with Crippen LogP contribution in [-0.2, 0) is 11.3 Å². The first-order valence-electron chi connectivity index (χ1n) is 9.33. The normalized spacial score (nSPS) is 11.0. The van der Waals surface area contributed by atoms with Gasteiger partial charge in [-0.25, -0.2) is 4.98 Å². The van der Waals surface area contributed by atoms with Gasteiger partial charge in [0.05, 0.1) is 11.7 Å². The van der Waals surface area contributed by atoms with Gasteiger partial charge in [0.25, 0.3) is 5.56 Å². The monoisotopic (exact) mass is 403 g/mol. The summed E-state index contributed by atoms with van der Waals surface area (Å²) in [6, 6.07) is 13.8. The second kappa shape index (κ2) is 7.64. The molecule has 0 unspecified atom stereocenters. The van der Waals surface area contributed by atoms with Crippen molar-refractivity contribution in [2.75, 3.05) is 5.32 Å². The van der Waals surface area contributed by atoms with Crippen molar-refractivity contribution in [3.63, 3.8) is 0 Å². The highest BCUT2D eigenvalue weighted by Gasteiger charge is 2.15. The predicted molar refractivity (Wildman–Crippen MR) is 119 cm³/mol. The third-order valence-corrected chi connectivity index (χ3v) is 5.91. The summed E-state index contributed by atoms with van der Waals surface area (Å²) < 4.78 is 1.36. The molecule has 0 fully saturated rings. The number of carbonyl (C=O) groups excluding carboxylic acids is 1. The molecule has 29 heavy (non-hydrogen) atoms. The number of fused-ring (bicyclic) bond motifs is 1. The Morgan fingerprint density at radius 2 is 1.83 bits per heavy atom. The highest BCUT2D eigenvalue weighted by atomic mass is 32.1. The minimum Gasteiger partial charge on any atom is -0.325 e. The number of anilines is 1. The van der Waals surface area contributed by atoms with Crippen molar-refractivity contribution in [3.05, 3.63) is 81.2 Å². The maximum Gasteiger partial charge on any atom is 0.263 e. The summed E-state index contributed by atoms with van der Waals surface area (Å²) in [4.78, 5) is 30.7. The van der Waals surface area contributed by atoms with E-state index in [1.165, 1.54) is 22.2 Å². The van der Waals surface area contributed by atoms with Crippen LogP contribution in [0.5, 0.6) is 0 Å². The van der Waals surface area contributed by atoms with Crippen LogP contribution < -0.4 is 10.9 Å². The zero-order valence-electron chi connectivity index (χ0n) is 16.5. The molecule has 2 heterocycles. The van der Waals surface area contributed by atoms with Crippen LogP contribution in [0.4, 0.5) is 5.69 Å². The minimum absolute atomic E-state index is 0.0854. The number of rotatable bonds is 4. The van der Waals surface area contributed by atoms with Gasteiger partial charge in [0.15, 0.2) is 0 Å². The fourth-order valence-corrected chi connectivity index (χ4v) is 4.11. The van der Waals surface area contributed by atoms with Gasteiger partial charge >= 0.3 is 0 Å². The van der Waals surface area contributed by atoms with Crippen molar-refractivity contribution in [2.45, 2.75) is 27.3 Å². The zero-order valence-corrected chi connectivity index (χ0v) is 17.3. The van der Waals surface area contributed by atoms with Crippen LogP contribution in [0.2, 0.25) is 0 Å². The van der Waals surface area contributed by atoms with Crippen LogP contribution in [-0.4, -0.2) is 15.5 Å². The van der Waals surface area contributed by atoms with E-state index in [2.05, 4.69) is 10.3 Å². The Balaban J connectivity index is 1.64. The second-order valence-corrected chi connectivity index (χ2v) is 8.08. The third kappa shape index (κ3) is 3.84. The van der Waals surface area contributed by atoms with Gasteiger partial charge in [-0.2, -0.15) is 0 Å². The Kier molecular flexibility index (Phi) is 5.03. The highest BCUT2D eigenvalue weighted by Crippen LogP contribution is 2.30. The van der Waals surface area contributed by atoms with Crippen LogP contribution in [0.15, 0.2) is 59.0 Å². The minimum atomic E-state index is -0.261. The summed E-state index contributed by atoms with van der Waals surface area (Å²) in [5.74, 6) is -0.261. The van der Waals surface area contributed by atoms with Crippen molar-refractivity contribution >= 4 is 33.1 Å². The molecule has 0 aliphatic carbocycles. The molecule has 0 bridgehead atoms. The van der Waals surface area contributed by atoms with Crippen molar-refractivity contribution in [1.29, 1.82) is 0 Å². The molecule has 5 nitrogen and oxygen atoms in total. The standard InChI is InChI=1S/C23H21N3O2S/c1-14-4-7-17(8-5-14)19-12-29-22-21(19)23(28)26(13-24-22)11-20(27)25-18-9-6-15(2)16(3)10-18/h4-10,12-13H,11H2,1-3H3,(H,25,27). The zero-order chi connectivity index (χ0) is 20.5. The van der Waals surface area contributed by atoms with Gasteiger partial charge < -0.3 is 5.32 Å². The number of benzene rings is 2. The highest BCUT2D eigenvalue weighted by molar-refractivity contribution is 7.17. The van der Waals surface area contributed by atoms with Gasteiger partial charge in [0.2, 0.25) is 5.91 Å². The Labute approximate surface area is 172 Å². The lowest BCUT2D eigenvalue weighted by Crippen LogP contribution is -2.27. The molecule has 0 radical (unpaired) electrons. The molecule has 0 saturated heterocycles. The summed E-state index contributed by atoms with van der Waals surface area (Å²) >= 11 is 1.44. The van der Waals surface area contributed by atoms with E-state index in [-0.39, 0.29) is 18.0 Å². The van der Waals surface area contributed by atoms with Crippen LogP contribution in [0, 0.1) is 20.8 Å². The Bertz CT molecular complexity index is 1270. The molecular formula is C23H21N3O2S. The number of nitrogens with one attached hydrogen (secondary N) is 1. The molecular weight excluding hydrogens is 382 g/mol. The maximum absolute atomic E-state index is 13.1. The van der Waals surface area contributed by atoms with Gasteiger partial charge in [-0.1, -0.05) is 35.9 Å². The molecule has 0 aliphatic rings. The summed E-state index contributed by atoms with van der Waals surface area (Å²) in [5.41, 5.74) is 5.76. The van der Waals surface area contributed by atoms with Gasteiger partial charge in [0, 0.05) is 16.6 Å². The second-order valence-electron chi connectivity index (χ2n) is 7.22. The average Bonchev–Trinajstić information content (AvgIpc) is 3.12. The smallest absolute Gasteiger partial charge is 0.263 e. The fraction of sp³-hybridized carbons (Fsp3) is 0.174. The summed E-state index contributed by atoms with van der Waals surface area (Å²) in [6.45, 7) is 5.96. The van der Waals surface area contributed by atoms with Gasteiger partial charge in [-0.3, -0.25) is 14.2 Å². The Morgan fingerprint density at radius 1 is 1.07 bits per heavy atom. The first kappa shape index (κ1) is 19.1. The fourth-order valence-electron chi connectivity index (χ4n) is 3.20. The molecule has 0 spiro atoms. The molecule has 4 aromatic rings. The molecule has 146 valence electrons. The van der Waals surface area contributed by atoms with Gasteiger partial charge in [-0.05, 0) is 49.6 Å². The van der Waals surface area contributed by atoms with Crippen LogP contribution in [0.3, 0.4) is 0 Å². The molecule has 0 atom stereocenters. The number of aromatic nitrogens is 2. The van der Waals surface area contributed by atoms with E-state index in [1.807, 2.05) is 68.6 Å². The summed E-state index contributed by atoms with van der Waals surface area (Å²) in [7, 11) is 0. The largest absolute Gasteiger partial charge is 0.325 e. The third-order valence-electron chi connectivity index (χ3n) is 5.03. The molecule has 6 heteroatoms. The lowest BCUT2D eigenvalue weighted by Gasteiger charge is -2.09. The topological polar surface area (TPSA) is 64.0 Å². The first-order chi connectivity index (χ1) is 13.9. The first-order valence-corrected chi connectivity index (χ1v) is 10.2.